The van der Waals surface area contributed by atoms with Gasteiger partial charge >= 0.3 is 7.12 Å². The van der Waals surface area contributed by atoms with Crippen LogP contribution in [0.2, 0.25) is 5.04 Å². The fourth-order valence-electron chi connectivity index (χ4n) is 5.16. The summed E-state index contributed by atoms with van der Waals surface area (Å²) in [5.41, 5.74) is 1.02. The molecule has 0 spiro atoms. The van der Waals surface area contributed by atoms with Crippen LogP contribution in [0.4, 0.5) is 5.69 Å². The smallest absolute Gasteiger partial charge is 0.403 e. The predicted octanol–water partition coefficient (Wildman–Crippen LogP) is 4.82. The van der Waals surface area contributed by atoms with Gasteiger partial charge in [0.05, 0.1) is 30.6 Å². The van der Waals surface area contributed by atoms with Gasteiger partial charge in [-0.1, -0.05) is 93.6 Å². The minimum atomic E-state index is -2.84. The second-order valence-corrected chi connectivity index (χ2v) is 16.1. The molecular formula is C30H40BNO5Si. The van der Waals surface area contributed by atoms with Crippen LogP contribution in [0, 0.1) is 0 Å². The van der Waals surface area contributed by atoms with E-state index in [1.54, 1.807) is 0 Å². The molecule has 0 radical (unpaired) electrons. The lowest BCUT2D eigenvalue weighted by atomic mass is 9.75. The molecule has 1 N–H and O–H groups in total. The molecule has 0 aromatic heterocycles. The van der Waals surface area contributed by atoms with E-state index in [9.17, 15) is 5.21 Å². The van der Waals surface area contributed by atoms with Gasteiger partial charge < -0.3 is 13.7 Å². The van der Waals surface area contributed by atoms with Crippen LogP contribution in [-0.2, 0) is 25.2 Å². The maximum absolute atomic E-state index is 10.7. The lowest BCUT2D eigenvalue weighted by Gasteiger charge is -2.43. The van der Waals surface area contributed by atoms with E-state index in [2.05, 4.69) is 69.3 Å². The van der Waals surface area contributed by atoms with Crippen LogP contribution in [0.25, 0.3) is 0 Å². The van der Waals surface area contributed by atoms with E-state index in [-0.39, 0.29) is 11.6 Å². The highest BCUT2D eigenvalue weighted by molar-refractivity contribution is 6.99. The van der Waals surface area contributed by atoms with Gasteiger partial charge in [0.2, 0.25) is 0 Å². The van der Waals surface area contributed by atoms with Crippen molar-refractivity contribution in [3.8, 4) is 0 Å². The van der Waals surface area contributed by atoms with E-state index < -0.39 is 26.6 Å². The summed E-state index contributed by atoms with van der Waals surface area (Å²) in [5.74, 6) is 0. The third-order valence-electron chi connectivity index (χ3n) is 7.92. The van der Waals surface area contributed by atoms with Crippen LogP contribution in [0.3, 0.4) is 0 Å². The summed E-state index contributed by atoms with van der Waals surface area (Å²) in [7, 11) is -2.04. The first-order valence-electron chi connectivity index (χ1n) is 13.1. The Labute approximate surface area is 228 Å². The number of hydrogen-bond acceptors (Lipinski definition) is 6. The summed E-state index contributed by atoms with van der Waals surface area (Å²) in [6.07, 6.45) is 0. The first-order chi connectivity index (χ1) is 17.8. The summed E-state index contributed by atoms with van der Waals surface area (Å²) in [5, 5.41) is 13.6. The molecule has 0 atom stereocenters. The van der Waals surface area contributed by atoms with Crippen molar-refractivity contribution in [2.45, 2.75) is 71.3 Å². The van der Waals surface area contributed by atoms with Gasteiger partial charge in [-0.05, 0) is 54.6 Å². The number of nitrogens with zero attached hydrogens (tertiary/aromatic N) is 1. The first kappa shape index (κ1) is 28.5. The molecule has 1 aliphatic rings. The molecule has 6 nitrogen and oxygen atoms in total. The molecule has 1 heterocycles. The zero-order chi connectivity index (χ0) is 27.8. The van der Waals surface area contributed by atoms with Crippen LogP contribution in [0.5, 0.6) is 0 Å². The van der Waals surface area contributed by atoms with Gasteiger partial charge in [0.25, 0.3) is 8.32 Å². The molecule has 8 heteroatoms. The molecule has 4 rings (SSSR count). The van der Waals surface area contributed by atoms with Crippen LogP contribution < -0.4 is 21.1 Å². The molecule has 0 unspecified atom stereocenters. The number of hydrogen-bond donors (Lipinski definition) is 1. The predicted molar refractivity (Wildman–Crippen MR) is 156 cm³/mol. The first-order valence-corrected chi connectivity index (χ1v) is 15.0. The van der Waals surface area contributed by atoms with Gasteiger partial charge in [-0.25, -0.2) is 0 Å². The van der Waals surface area contributed by atoms with Crippen molar-refractivity contribution in [2.24, 2.45) is 0 Å². The quantitative estimate of drug-likeness (QED) is 0.331. The Hall–Kier alpha value is -2.46. The molecule has 3 aromatic carbocycles. The Kier molecular flexibility index (Phi) is 7.97. The Morgan fingerprint density at radius 1 is 0.816 bits per heavy atom. The second-order valence-electron chi connectivity index (χ2n) is 11.8. The number of benzene rings is 3. The zero-order valence-corrected chi connectivity index (χ0v) is 24.8. The third kappa shape index (κ3) is 5.09. The highest BCUT2D eigenvalue weighted by Gasteiger charge is 2.53. The van der Waals surface area contributed by atoms with Gasteiger partial charge in [0.1, 0.15) is 0 Å². The maximum Gasteiger partial charge on any atom is 0.495 e. The van der Waals surface area contributed by atoms with Crippen LogP contribution in [0.15, 0.2) is 78.9 Å². The summed E-state index contributed by atoms with van der Waals surface area (Å²) < 4.78 is 20.1. The number of anilines is 1. The molecule has 1 aliphatic heterocycles. The van der Waals surface area contributed by atoms with Gasteiger partial charge in [0.15, 0.2) is 0 Å². The average molecular weight is 534 g/mol. The van der Waals surface area contributed by atoms with Crippen molar-refractivity contribution >= 4 is 37.0 Å². The van der Waals surface area contributed by atoms with E-state index in [0.717, 1.165) is 16.3 Å². The second kappa shape index (κ2) is 10.6. The largest absolute Gasteiger partial charge is 0.495 e. The lowest BCUT2D eigenvalue weighted by Crippen LogP contribution is -2.66. The molecule has 0 saturated carbocycles. The van der Waals surface area contributed by atoms with E-state index in [1.165, 1.54) is 17.5 Å². The molecule has 1 fully saturated rings. The van der Waals surface area contributed by atoms with E-state index >= 15 is 0 Å². The normalized spacial score (nSPS) is 17.0. The molecule has 38 heavy (non-hydrogen) atoms. The van der Waals surface area contributed by atoms with Crippen LogP contribution in [-0.4, -0.2) is 39.0 Å². The van der Waals surface area contributed by atoms with Crippen molar-refractivity contribution in [1.82, 2.24) is 0 Å². The van der Waals surface area contributed by atoms with Crippen molar-refractivity contribution < 1.29 is 23.8 Å². The summed E-state index contributed by atoms with van der Waals surface area (Å²) >= 11 is 0. The Bertz CT molecular complexity index is 1170. The van der Waals surface area contributed by atoms with Gasteiger partial charge in [-0.3, -0.25) is 10.0 Å². The van der Waals surface area contributed by atoms with Gasteiger partial charge in [0, 0.05) is 5.56 Å². The molecule has 3 aromatic rings. The van der Waals surface area contributed by atoms with E-state index in [4.69, 9.17) is 18.6 Å². The van der Waals surface area contributed by atoms with Gasteiger partial charge in [-0.2, -0.15) is 0 Å². The zero-order valence-electron chi connectivity index (χ0n) is 23.8. The highest BCUT2D eigenvalue weighted by atomic mass is 28.4. The maximum atomic E-state index is 10.7. The molecule has 0 amide bonds. The van der Waals surface area contributed by atoms with Crippen molar-refractivity contribution in [2.75, 3.05) is 12.3 Å². The third-order valence-corrected chi connectivity index (χ3v) is 12.9. The molecular weight excluding hydrogens is 493 g/mol. The van der Waals surface area contributed by atoms with Crippen LogP contribution in [0.1, 0.15) is 54.0 Å². The average Bonchev–Trinajstić information content (AvgIpc) is 3.10. The Morgan fingerprint density at radius 3 is 1.76 bits per heavy atom. The van der Waals surface area contributed by atoms with E-state index in [0.29, 0.717) is 5.69 Å². The monoisotopic (exact) mass is 533 g/mol. The molecule has 0 aliphatic carbocycles. The summed E-state index contributed by atoms with van der Waals surface area (Å²) in [6.45, 7) is 15.1. The minimum Gasteiger partial charge on any atom is -0.403 e. The topological polar surface area (TPSA) is 60.4 Å². The minimum absolute atomic E-state index is 0.199. The molecule has 0 bridgehead atoms. The van der Waals surface area contributed by atoms with Crippen molar-refractivity contribution in [3.63, 3.8) is 0 Å². The van der Waals surface area contributed by atoms with E-state index in [1.807, 2.05) is 58.0 Å². The Morgan fingerprint density at radius 2 is 1.32 bits per heavy atom. The van der Waals surface area contributed by atoms with Gasteiger partial charge in [-0.15, -0.1) is 5.23 Å². The van der Waals surface area contributed by atoms with Crippen molar-refractivity contribution in [1.29, 1.82) is 0 Å². The fourth-order valence-corrected chi connectivity index (χ4v) is 9.68. The standard InChI is InChI=1S/C30H40BNO5Si/c1-28(2,3)38(23-16-11-9-12-17-23,24-18-13-10-14-19-24)35-22-25-26(20-15-21-27(25)32(33)34-8)31-36-29(4,5)30(6,7)37-31/h9-21,33H,22H2,1-8H3. The highest BCUT2D eigenvalue weighted by Crippen LogP contribution is 2.39. The number of rotatable bonds is 8. The summed E-state index contributed by atoms with van der Waals surface area (Å²) in [4.78, 5) is 5.21. The molecule has 1 saturated heterocycles. The lowest BCUT2D eigenvalue weighted by molar-refractivity contribution is -0.0117. The van der Waals surface area contributed by atoms with Crippen LogP contribution >= 0.6 is 0 Å². The summed E-state index contributed by atoms with van der Waals surface area (Å²) in [6, 6.07) is 26.6. The SMILES string of the molecule is CON(O)c1cccc(B2OC(C)(C)C(C)(C)O2)c1CO[Si](c1ccccc1)(c1ccccc1)C(C)(C)C. The Balaban J connectivity index is 1.86. The molecule has 202 valence electrons. The fraction of sp³-hybridized carbons (Fsp3) is 0.400. The van der Waals surface area contributed by atoms with Crippen molar-refractivity contribution in [3.05, 3.63) is 84.4 Å².